The van der Waals surface area contributed by atoms with Crippen molar-refractivity contribution in [3.63, 3.8) is 0 Å². The summed E-state index contributed by atoms with van der Waals surface area (Å²) in [6.07, 6.45) is 2.08. The molecule has 0 aliphatic carbocycles. The highest BCUT2D eigenvalue weighted by Gasteiger charge is 2.32. The molecule has 3 atom stereocenters. The van der Waals surface area contributed by atoms with Gasteiger partial charge in [0, 0.05) is 25.2 Å². The number of aromatic nitrogens is 2. The molecule has 2 aromatic rings. The van der Waals surface area contributed by atoms with Crippen LogP contribution < -0.4 is 11.3 Å². The van der Waals surface area contributed by atoms with Crippen LogP contribution in [0.4, 0.5) is 5.82 Å². The molecule has 1 aromatic carbocycles. The summed E-state index contributed by atoms with van der Waals surface area (Å²) in [5, 5.41) is 2.86. The van der Waals surface area contributed by atoms with E-state index in [1.54, 1.807) is 0 Å². The van der Waals surface area contributed by atoms with Gasteiger partial charge in [-0.1, -0.05) is 37.3 Å². The molecule has 0 saturated carbocycles. The lowest BCUT2D eigenvalue weighted by atomic mass is 9.89. The molecular formula is C18H26N4O. The van der Waals surface area contributed by atoms with Gasteiger partial charge in [-0.15, -0.1) is 0 Å². The molecule has 5 nitrogen and oxygen atoms in total. The fourth-order valence-corrected chi connectivity index (χ4v) is 3.69. The Labute approximate surface area is 137 Å². The zero-order chi connectivity index (χ0) is 16.4. The molecule has 3 unspecified atom stereocenters. The molecule has 1 aromatic heterocycles. The maximum Gasteiger partial charge on any atom is 0.266 e. The minimum Gasteiger partial charge on any atom is -0.384 e. The minimum atomic E-state index is -0.117. The predicted molar refractivity (Wildman–Crippen MR) is 93.5 cm³/mol. The molecule has 0 spiro atoms. The van der Waals surface area contributed by atoms with Gasteiger partial charge in [0.2, 0.25) is 0 Å². The Balaban J connectivity index is 1.65. The maximum absolute atomic E-state index is 11.5. The average Bonchev–Trinajstić information content (AvgIpc) is 2.87. The molecule has 0 bridgehead atoms. The Morgan fingerprint density at radius 2 is 2.00 bits per heavy atom. The standard InChI is InChI=1S/C18H26N4O/c1-13-12-21(9-8-15-6-4-3-5-7-15)14(2)10-16(13)22-17(19)11-18(23)20-22/h3-7,11,13-14,16H,8-10,12,19H2,1-2H3,(H,20,23). The first-order valence-electron chi connectivity index (χ1n) is 8.39. The van der Waals surface area contributed by atoms with Gasteiger partial charge in [0.1, 0.15) is 5.82 Å². The fourth-order valence-electron chi connectivity index (χ4n) is 3.69. The van der Waals surface area contributed by atoms with Crippen LogP contribution in [0.25, 0.3) is 0 Å². The molecule has 0 amide bonds. The van der Waals surface area contributed by atoms with E-state index < -0.39 is 0 Å². The van der Waals surface area contributed by atoms with Crippen LogP contribution >= 0.6 is 0 Å². The van der Waals surface area contributed by atoms with E-state index in [1.165, 1.54) is 11.6 Å². The summed E-state index contributed by atoms with van der Waals surface area (Å²) >= 11 is 0. The van der Waals surface area contributed by atoms with Crippen LogP contribution in [-0.2, 0) is 6.42 Å². The van der Waals surface area contributed by atoms with Crippen LogP contribution in [-0.4, -0.2) is 33.8 Å². The summed E-state index contributed by atoms with van der Waals surface area (Å²) in [5.41, 5.74) is 7.23. The van der Waals surface area contributed by atoms with Gasteiger partial charge in [-0.05, 0) is 31.2 Å². The van der Waals surface area contributed by atoms with Crippen LogP contribution in [0.5, 0.6) is 0 Å². The summed E-state index contributed by atoms with van der Waals surface area (Å²) < 4.78 is 1.86. The normalized spacial score (nSPS) is 25.6. The summed E-state index contributed by atoms with van der Waals surface area (Å²) in [4.78, 5) is 14.0. The van der Waals surface area contributed by atoms with Gasteiger partial charge in [-0.25, -0.2) is 0 Å². The van der Waals surface area contributed by atoms with Crippen LogP contribution in [0.1, 0.15) is 31.9 Å². The number of hydrogen-bond donors (Lipinski definition) is 2. The number of aromatic amines is 1. The summed E-state index contributed by atoms with van der Waals surface area (Å²) in [7, 11) is 0. The van der Waals surface area contributed by atoms with E-state index in [0.717, 1.165) is 25.9 Å². The van der Waals surface area contributed by atoms with E-state index in [9.17, 15) is 4.79 Å². The third kappa shape index (κ3) is 3.50. The quantitative estimate of drug-likeness (QED) is 0.910. The lowest BCUT2D eigenvalue weighted by Gasteiger charge is -2.42. The van der Waals surface area contributed by atoms with Crippen LogP contribution in [0, 0.1) is 5.92 Å². The van der Waals surface area contributed by atoms with Gasteiger partial charge in [-0.2, -0.15) is 0 Å². The predicted octanol–water partition coefficient (Wildman–Crippen LogP) is 2.27. The molecule has 1 saturated heterocycles. The van der Waals surface area contributed by atoms with Gasteiger partial charge in [-0.3, -0.25) is 19.5 Å². The Hall–Kier alpha value is -2.01. The van der Waals surface area contributed by atoms with Gasteiger partial charge < -0.3 is 5.73 Å². The van der Waals surface area contributed by atoms with Crippen LogP contribution in [0.3, 0.4) is 0 Å². The summed E-state index contributed by atoms with van der Waals surface area (Å²) in [5.74, 6) is 0.990. The number of anilines is 1. The highest BCUT2D eigenvalue weighted by molar-refractivity contribution is 5.27. The van der Waals surface area contributed by atoms with E-state index in [0.29, 0.717) is 17.8 Å². The fraction of sp³-hybridized carbons (Fsp3) is 0.500. The number of nitrogens with one attached hydrogen (secondary N) is 1. The number of nitrogens with zero attached hydrogens (tertiary/aromatic N) is 2. The SMILES string of the molecule is CC1CN(CCc2ccccc2)C(C)CC1n1[nH]c(=O)cc1N. The lowest BCUT2D eigenvalue weighted by molar-refractivity contribution is 0.0795. The van der Waals surface area contributed by atoms with E-state index in [1.807, 2.05) is 4.68 Å². The Bertz CT molecular complexity index is 691. The minimum absolute atomic E-state index is 0.117. The van der Waals surface area contributed by atoms with Gasteiger partial charge in [0.05, 0.1) is 6.04 Å². The molecule has 1 aliphatic heterocycles. The van der Waals surface area contributed by atoms with Crippen molar-refractivity contribution in [1.82, 2.24) is 14.7 Å². The first-order chi connectivity index (χ1) is 11.0. The van der Waals surface area contributed by atoms with Crippen molar-refractivity contribution in [3.05, 3.63) is 52.3 Å². The molecule has 3 N–H and O–H groups in total. The molecule has 2 heterocycles. The molecular weight excluding hydrogens is 288 g/mol. The molecule has 3 rings (SSSR count). The van der Waals surface area contributed by atoms with Gasteiger partial charge in [0.25, 0.3) is 5.56 Å². The number of likely N-dealkylation sites (tertiary alicyclic amines) is 1. The monoisotopic (exact) mass is 314 g/mol. The first kappa shape index (κ1) is 15.9. The van der Waals surface area contributed by atoms with Crippen molar-refractivity contribution in [1.29, 1.82) is 0 Å². The number of hydrogen-bond acceptors (Lipinski definition) is 3. The number of rotatable bonds is 4. The van der Waals surface area contributed by atoms with E-state index in [-0.39, 0.29) is 11.6 Å². The van der Waals surface area contributed by atoms with Crippen molar-refractivity contribution >= 4 is 5.82 Å². The Kier molecular flexibility index (Phi) is 4.57. The number of H-pyrrole nitrogens is 1. The largest absolute Gasteiger partial charge is 0.384 e. The van der Waals surface area contributed by atoms with Crippen LogP contribution in [0.2, 0.25) is 0 Å². The molecule has 23 heavy (non-hydrogen) atoms. The second-order valence-electron chi connectivity index (χ2n) is 6.78. The number of nitrogen functional groups attached to an aromatic ring is 1. The molecule has 1 fully saturated rings. The van der Waals surface area contributed by atoms with Crippen LogP contribution in [0.15, 0.2) is 41.2 Å². The highest BCUT2D eigenvalue weighted by Crippen LogP contribution is 2.32. The Morgan fingerprint density at radius 3 is 2.65 bits per heavy atom. The van der Waals surface area contributed by atoms with Crippen molar-refractivity contribution in [2.45, 2.75) is 38.8 Å². The highest BCUT2D eigenvalue weighted by atomic mass is 16.1. The van der Waals surface area contributed by atoms with Crippen molar-refractivity contribution in [2.75, 3.05) is 18.8 Å². The molecule has 124 valence electrons. The third-order valence-electron chi connectivity index (χ3n) is 5.04. The zero-order valence-electron chi connectivity index (χ0n) is 13.9. The average molecular weight is 314 g/mol. The van der Waals surface area contributed by atoms with E-state index in [2.05, 4.69) is 54.2 Å². The van der Waals surface area contributed by atoms with Crippen molar-refractivity contribution in [3.8, 4) is 0 Å². The molecule has 0 radical (unpaired) electrons. The lowest BCUT2D eigenvalue weighted by Crippen LogP contribution is -2.46. The smallest absolute Gasteiger partial charge is 0.266 e. The third-order valence-corrected chi connectivity index (χ3v) is 5.04. The number of benzene rings is 1. The van der Waals surface area contributed by atoms with Gasteiger partial charge >= 0.3 is 0 Å². The number of piperidine rings is 1. The summed E-state index contributed by atoms with van der Waals surface area (Å²) in [6, 6.07) is 12.8. The van der Waals surface area contributed by atoms with Crippen molar-refractivity contribution < 1.29 is 0 Å². The maximum atomic E-state index is 11.5. The van der Waals surface area contributed by atoms with Gasteiger partial charge in [0.15, 0.2) is 0 Å². The van der Waals surface area contributed by atoms with E-state index in [4.69, 9.17) is 5.73 Å². The Morgan fingerprint density at radius 1 is 1.26 bits per heavy atom. The molecule has 1 aliphatic rings. The topological polar surface area (TPSA) is 67.0 Å². The first-order valence-corrected chi connectivity index (χ1v) is 8.39. The second kappa shape index (κ2) is 6.62. The zero-order valence-corrected chi connectivity index (χ0v) is 13.9. The van der Waals surface area contributed by atoms with E-state index >= 15 is 0 Å². The van der Waals surface area contributed by atoms with Crippen molar-refractivity contribution in [2.24, 2.45) is 5.92 Å². The second-order valence-corrected chi connectivity index (χ2v) is 6.78. The summed E-state index contributed by atoms with van der Waals surface area (Å²) in [6.45, 7) is 6.60. The molecule has 5 heteroatoms. The number of nitrogens with two attached hydrogens (primary N) is 1.